The maximum atomic E-state index is 12.5. The van der Waals surface area contributed by atoms with Gasteiger partial charge in [0.15, 0.2) is 0 Å². The van der Waals surface area contributed by atoms with Crippen molar-refractivity contribution in [3.63, 3.8) is 0 Å². The van der Waals surface area contributed by atoms with Gasteiger partial charge in [-0.2, -0.15) is 0 Å². The van der Waals surface area contributed by atoms with Crippen LogP contribution in [0.15, 0.2) is 35.3 Å². The number of hydrogen-bond donors (Lipinski definition) is 3. The van der Waals surface area contributed by atoms with Crippen molar-refractivity contribution in [1.29, 1.82) is 0 Å². The zero-order valence-electron chi connectivity index (χ0n) is 16.4. The van der Waals surface area contributed by atoms with Crippen molar-refractivity contribution in [1.82, 2.24) is 25.6 Å². The van der Waals surface area contributed by atoms with E-state index in [4.69, 9.17) is 27.9 Å². The number of piperidine rings is 1. The molecular weight excluding hydrogens is 425 g/mol. The number of pyridine rings is 1. The number of halogens is 2. The number of nitrogens with zero attached hydrogens (tertiary/aromatic N) is 2. The predicted molar refractivity (Wildman–Crippen MR) is 118 cm³/mol. The monoisotopic (exact) mass is 447 g/mol. The molecule has 3 heterocycles. The summed E-state index contributed by atoms with van der Waals surface area (Å²) in [6.45, 7) is 3.69. The van der Waals surface area contributed by atoms with E-state index in [9.17, 15) is 4.79 Å². The first-order valence-corrected chi connectivity index (χ1v) is 10.7. The van der Waals surface area contributed by atoms with E-state index >= 15 is 0 Å². The molecule has 3 N–H and O–H groups in total. The molecule has 7 nitrogen and oxygen atoms in total. The SMILES string of the molecule is O=c1[nH]c(COc2ccc(Cl)cc2Cl)nc2c(CNCC3CCNCC3)nccc12. The lowest BCUT2D eigenvalue weighted by molar-refractivity contribution is 0.296. The highest BCUT2D eigenvalue weighted by Crippen LogP contribution is 2.28. The molecule has 3 aromatic rings. The summed E-state index contributed by atoms with van der Waals surface area (Å²) in [5.41, 5.74) is 1.11. The fraction of sp³-hybridized carbons (Fsp3) is 0.381. The van der Waals surface area contributed by atoms with Crippen LogP contribution in [0.1, 0.15) is 24.4 Å². The van der Waals surface area contributed by atoms with Crippen molar-refractivity contribution in [2.24, 2.45) is 5.92 Å². The second kappa shape index (κ2) is 9.75. The van der Waals surface area contributed by atoms with E-state index in [1.807, 2.05) is 0 Å². The van der Waals surface area contributed by atoms with Crippen LogP contribution in [-0.2, 0) is 13.2 Å². The zero-order chi connectivity index (χ0) is 20.9. The van der Waals surface area contributed by atoms with Crippen LogP contribution >= 0.6 is 23.2 Å². The highest BCUT2D eigenvalue weighted by Gasteiger charge is 2.14. The van der Waals surface area contributed by atoms with Gasteiger partial charge in [-0.25, -0.2) is 4.98 Å². The minimum atomic E-state index is -0.220. The summed E-state index contributed by atoms with van der Waals surface area (Å²) in [4.78, 5) is 24.4. The predicted octanol–water partition coefficient (Wildman–Crippen LogP) is 3.29. The highest BCUT2D eigenvalue weighted by molar-refractivity contribution is 6.35. The molecule has 158 valence electrons. The normalized spacial score (nSPS) is 14.9. The van der Waals surface area contributed by atoms with Crippen molar-refractivity contribution in [2.75, 3.05) is 19.6 Å². The number of H-pyrrole nitrogens is 1. The van der Waals surface area contributed by atoms with Gasteiger partial charge in [-0.1, -0.05) is 23.2 Å². The summed E-state index contributed by atoms with van der Waals surface area (Å²) in [5, 5.41) is 8.28. The van der Waals surface area contributed by atoms with Gasteiger partial charge < -0.3 is 20.4 Å². The van der Waals surface area contributed by atoms with Crippen LogP contribution in [0.2, 0.25) is 10.0 Å². The Kier molecular flexibility index (Phi) is 6.84. The van der Waals surface area contributed by atoms with E-state index in [0.29, 0.717) is 45.0 Å². The molecule has 0 bridgehead atoms. The molecule has 0 saturated carbocycles. The molecule has 0 aliphatic carbocycles. The number of benzene rings is 1. The number of hydrogen-bond acceptors (Lipinski definition) is 6. The van der Waals surface area contributed by atoms with Gasteiger partial charge in [0.25, 0.3) is 5.56 Å². The third kappa shape index (κ3) is 5.10. The van der Waals surface area contributed by atoms with Crippen molar-refractivity contribution in [3.8, 4) is 5.75 Å². The fourth-order valence-electron chi connectivity index (χ4n) is 3.58. The Hall–Kier alpha value is -2.19. The second-order valence-electron chi connectivity index (χ2n) is 7.35. The quantitative estimate of drug-likeness (QED) is 0.514. The van der Waals surface area contributed by atoms with E-state index in [-0.39, 0.29) is 12.2 Å². The van der Waals surface area contributed by atoms with Crippen LogP contribution in [0.25, 0.3) is 10.9 Å². The third-order valence-electron chi connectivity index (χ3n) is 5.19. The molecule has 1 aliphatic heterocycles. The molecule has 0 amide bonds. The van der Waals surface area contributed by atoms with Gasteiger partial charge in [-0.15, -0.1) is 0 Å². The summed E-state index contributed by atoms with van der Waals surface area (Å²) in [6.07, 6.45) is 3.98. The molecule has 4 rings (SSSR count). The number of rotatable bonds is 7. The lowest BCUT2D eigenvalue weighted by Crippen LogP contribution is -2.33. The summed E-state index contributed by atoms with van der Waals surface area (Å²) in [7, 11) is 0. The number of fused-ring (bicyclic) bond motifs is 1. The molecule has 0 radical (unpaired) electrons. The number of nitrogens with one attached hydrogen (secondary N) is 3. The fourth-order valence-corrected chi connectivity index (χ4v) is 4.05. The number of ether oxygens (including phenoxy) is 1. The summed E-state index contributed by atoms with van der Waals surface area (Å²) >= 11 is 12.1. The van der Waals surface area contributed by atoms with Gasteiger partial charge in [-0.05, 0) is 62.7 Å². The standard InChI is InChI=1S/C21H23Cl2N5O2/c22-14-1-2-18(16(23)9-14)30-12-19-27-20-15(21(29)28-19)5-8-26-17(20)11-25-10-13-3-6-24-7-4-13/h1-2,5,8-9,13,24-25H,3-4,6-7,10-12H2,(H,27,28,29). The topological polar surface area (TPSA) is 91.9 Å². The molecule has 1 aromatic carbocycles. The Bertz CT molecular complexity index is 1080. The molecule has 9 heteroatoms. The second-order valence-corrected chi connectivity index (χ2v) is 8.20. The van der Waals surface area contributed by atoms with Crippen molar-refractivity contribution >= 4 is 34.1 Å². The van der Waals surface area contributed by atoms with Crippen molar-refractivity contribution in [2.45, 2.75) is 26.0 Å². The largest absolute Gasteiger partial charge is 0.484 e. The zero-order valence-corrected chi connectivity index (χ0v) is 17.9. The molecule has 0 unspecified atom stereocenters. The van der Waals surface area contributed by atoms with Gasteiger partial charge in [0, 0.05) is 17.8 Å². The average Bonchev–Trinajstić information content (AvgIpc) is 2.74. The first-order chi connectivity index (χ1) is 14.6. The first kappa shape index (κ1) is 21.1. The highest BCUT2D eigenvalue weighted by atomic mass is 35.5. The number of aromatic amines is 1. The maximum Gasteiger partial charge on any atom is 0.258 e. The van der Waals surface area contributed by atoms with Crippen LogP contribution in [0.4, 0.5) is 0 Å². The molecular formula is C21H23Cl2N5O2. The van der Waals surface area contributed by atoms with Gasteiger partial charge in [0.1, 0.15) is 23.7 Å². The average molecular weight is 448 g/mol. The smallest absolute Gasteiger partial charge is 0.258 e. The molecule has 30 heavy (non-hydrogen) atoms. The summed E-state index contributed by atoms with van der Waals surface area (Å²) < 4.78 is 5.72. The summed E-state index contributed by atoms with van der Waals surface area (Å²) in [5.74, 6) is 1.54. The minimum Gasteiger partial charge on any atom is -0.484 e. The van der Waals surface area contributed by atoms with Gasteiger partial charge in [0.05, 0.1) is 16.1 Å². The molecule has 0 spiro atoms. The Morgan fingerprint density at radius 2 is 2.03 bits per heavy atom. The van der Waals surface area contributed by atoms with Crippen LogP contribution in [0.5, 0.6) is 5.75 Å². The first-order valence-electron chi connectivity index (χ1n) is 9.96. The van der Waals surface area contributed by atoms with Gasteiger partial charge in [-0.3, -0.25) is 9.78 Å². The van der Waals surface area contributed by atoms with E-state index in [1.165, 1.54) is 12.8 Å². The van der Waals surface area contributed by atoms with Crippen LogP contribution < -0.4 is 20.9 Å². The van der Waals surface area contributed by atoms with E-state index in [0.717, 1.165) is 25.3 Å². The van der Waals surface area contributed by atoms with Crippen LogP contribution in [-0.4, -0.2) is 34.6 Å². The Morgan fingerprint density at radius 1 is 1.20 bits per heavy atom. The minimum absolute atomic E-state index is 0.0728. The summed E-state index contributed by atoms with van der Waals surface area (Å²) in [6, 6.07) is 6.65. The Balaban J connectivity index is 1.49. The van der Waals surface area contributed by atoms with E-state index in [1.54, 1.807) is 30.5 Å². The van der Waals surface area contributed by atoms with E-state index < -0.39 is 0 Å². The van der Waals surface area contributed by atoms with Crippen molar-refractivity contribution < 1.29 is 4.74 Å². The lowest BCUT2D eigenvalue weighted by Gasteiger charge is -2.22. The molecule has 0 atom stereocenters. The lowest BCUT2D eigenvalue weighted by atomic mass is 9.98. The molecule has 1 aliphatic rings. The Labute approximate surface area is 184 Å². The molecule has 2 aromatic heterocycles. The number of aromatic nitrogens is 3. The maximum absolute atomic E-state index is 12.5. The molecule has 1 fully saturated rings. The Morgan fingerprint density at radius 3 is 2.83 bits per heavy atom. The van der Waals surface area contributed by atoms with Crippen molar-refractivity contribution in [3.05, 3.63) is 62.4 Å². The van der Waals surface area contributed by atoms with Gasteiger partial charge in [0.2, 0.25) is 0 Å². The van der Waals surface area contributed by atoms with Gasteiger partial charge >= 0.3 is 0 Å². The molecule has 1 saturated heterocycles. The van der Waals surface area contributed by atoms with Crippen LogP contribution in [0.3, 0.4) is 0 Å². The van der Waals surface area contributed by atoms with Crippen LogP contribution in [0, 0.1) is 5.92 Å². The van der Waals surface area contributed by atoms with E-state index in [2.05, 4.69) is 25.6 Å². The third-order valence-corrected chi connectivity index (χ3v) is 5.72.